The summed E-state index contributed by atoms with van der Waals surface area (Å²) in [6.45, 7) is 8.88. The molecule has 0 radical (unpaired) electrons. The van der Waals surface area contributed by atoms with Gasteiger partial charge in [-0.2, -0.15) is 5.26 Å². The second-order valence-electron chi connectivity index (χ2n) is 13.0. The van der Waals surface area contributed by atoms with Gasteiger partial charge in [-0.1, -0.05) is 40.0 Å². The Bertz CT molecular complexity index is 1130. The second-order valence-corrected chi connectivity index (χ2v) is 13.0. The summed E-state index contributed by atoms with van der Waals surface area (Å²) >= 11 is 0. The number of amides is 2. The molecule has 0 heterocycles. The monoisotopic (exact) mass is 569 g/mol. The number of carboxylic acid groups (broad SMARTS) is 1. The van der Waals surface area contributed by atoms with Crippen molar-refractivity contribution in [3.8, 4) is 17.6 Å². The molecule has 1 atom stereocenters. The minimum absolute atomic E-state index is 0.0746. The fraction of sp³-hybridized carbons (Fsp3) is 0.688. The Balaban J connectivity index is 1.73. The first kappa shape index (κ1) is 32.2. The molecule has 41 heavy (non-hydrogen) atoms. The van der Waals surface area contributed by atoms with E-state index in [-0.39, 0.29) is 52.5 Å². The van der Waals surface area contributed by atoms with E-state index in [1.807, 2.05) is 0 Å². The van der Waals surface area contributed by atoms with Crippen molar-refractivity contribution in [1.29, 1.82) is 5.26 Å². The van der Waals surface area contributed by atoms with Crippen LogP contribution in [0.5, 0.6) is 11.5 Å². The highest BCUT2D eigenvalue weighted by molar-refractivity contribution is 5.98. The number of nitrogens with one attached hydrogen (secondary N) is 2. The third-order valence-corrected chi connectivity index (χ3v) is 8.89. The molecule has 1 aromatic rings. The maximum Gasteiger partial charge on any atom is 0.309 e. The van der Waals surface area contributed by atoms with Gasteiger partial charge in [0, 0.05) is 25.1 Å². The first-order valence-corrected chi connectivity index (χ1v) is 15.0. The molecule has 2 aliphatic rings. The van der Waals surface area contributed by atoms with E-state index >= 15 is 0 Å². The number of nitrogens with zero attached hydrogens (tertiary/aromatic N) is 1. The van der Waals surface area contributed by atoms with Crippen LogP contribution in [0.25, 0.3) is 0 Å². The minimum atomic E-state index is -0.814. The Labute approximate surface area is 244 Å². The van der Waals surface area contributed by atoms with Gasteiger partial charge in [0.25, 0.3) is 5.91 Å². The molecule has 3 rings (SSSR count). The number of carbonyl (C=O) groups is 3. The number of benzene rings is 1. The molecule has 3 N–H and O–H groups in total. The van der Waals surface area contributed by atoms with Crippen LogP contribution in [0, 0.1) is 28.1 Å². The molecule has 9 nitrogen and oxygen atoms in total. The summed E-state index contributed by atoms with van der Waals surface area (Å²) in [5, 5.41) is 25.4. The number of hydrogen-bond acceptors (Lipinski definition) is 6. The Kier molecular flexibility index (Phi) is 11.1. The lowest BCUT2D eigenvalue weighted by Gasteiger charge is -2.38. The Hall–Kier alpha value is -3.28. The molecule has 2 fully saturated rings. The molecule has 226 valence electrons. The number of carboxylic acids is 1. The number of aliphatic carboxylic acids is 1. The van der Waals surface area contributed by atoms with Crippen LogP contribution in [-0.4, -0.2) is 48.7 Å². The summed E-state index contributed by atoms with van der Waals surface area (Å²) in [4.78, 5) is 38.0. The topological polar surface area (TPSA) is 138 Å². The van der Waals surface area contributed by atoms with E-state index in [0.29, 0.717) is 44.6 Å². The first-order chi connectivity index (χ1) is 19.4. The molecule has 2 amide bonds. The summed E-state index contributed by atoms with van der Waals surface area (Å²) in [5.74, 6) is -0.251. The van der Waals surface area contributed by atoms with E-state index in [2.05, 4.69) is 37.5 Å². The van der Waals surface area contributed by atoms with Gasteiger partial charge in [0.05, 0.1) is 29.8 Å². The summed E-state index contributed by atoms with van der Waals surface area (Å²) < 4.78 is 11.6. The molecular formula is C32H47N3O6. The molecule has 0 bridgehead atoms. The van der Waals surface area contributed by atoms with Gasteiger partial charge in [-0.05, 0) is 69.3 Å². The highest BCUT2D eigenvalue weighted by Gasteiger charge is 2.38. The standard InChI is InChI=1S/C32H47N3O6/c1-21(2)8-6-9-23(17-28(36)34-20-31(3)12-7-13-31)35-29(37)25-18-26(22(19-33)16-27(25)40-5)41-24-10-14-32(4,15-11-24)30(38)39/h16,18,21,23-24H,6-15,17,20H2,1-5H3,(H,34,36)(H,35,37)(H,38,39)/t23-,24?,32?/m1/s1. The van der Waals surface area contributed by atoms with Crippen LogP contribution in [0.15, 0.2) is 12.1 Å². The zero-order valence-corrected chi connectivity index (χ0v) is 25.3. The average Bonchev–Trinajstić information content (AvgIpc) is 2.91. The number of ether oxygens (including phenoxy) is 2. The van der Waals surface area contributed by atoms with Crippen molar-refractivity contribution < 1.29 is 29.0 Å². The zero-order chi connectivity index (χ0) is 30.2. The molecule has 0 aromatic heterocycles. The van der Waals surface area contributed by atoms with E-state index in [9.17, 15) is 24.8 Å². The van der Waals surface area contributed by atoms with Gasteiger partial charge in [-0.15, -0.1) is 0 Å². The van der Waals surface area contributed by atoms with Crippen molar-refractivity contribution >= 4 is 17.8 Å². The average molecular weight is 570 g/mol. The highest BCUT2D eigenvalue weighted by atomic mass is 16.5. The lowest BCUT2D eigenvalue weighted by Crippen LogP contribution is -2.43. The predicted molar refractivity (Wildman–Crippen MR) is 156 cm³/mol. The summed E-state index contributed by atoms with van der Waals surface area (Å²) in [7, 11) is 1.44. The first-order valence-electron chi connectivity index (χ1n) is 15.0. The minimum Gasteiger partial charge on any atom is -0.496 e. The lowest BCUT2D eigenvalue weighted by atomic mass is 9.70. The Morgan fingerprint density at radius 2 is 1.78 bits per heavy atom. The van der Waals surface area contributed by atoms with Crippen LogP contribution < -0.4 is 20.1 Å². The third-order valence-electron chi connectivity index (χ3n) is 8.89. The summed E-state index contributed by atoms with van der Waals surface area (Å²) in [5.41, 5.74) is -0.149. The number of carbonyl (C=O) groups excluding carboxylic acids is 2. The fourth-order valence-corrected chi connectivity index (χ4v) is 5.66. The molecule has 9 heteroatoms. The predicted octanol–water partition coefficient (Wildman–Crippen LogP) is 5.60. The molecule has 0 spiro atoms. The number of hydrogen-bond donors (Lipinski definition) is 3. The van der Waals surface area contributed by atoms with E-state index < -0.39 is 17.3 Å². The van der Waals surface area contributed by atoms with E-state index in [4.69, 9.17) is 9.47 Å². The van der Waals surface area contributed by atoms with E-state index in [0.717, 1.165) is 25.7 Å². The van der Waals surface area contributed by atoms with Crippen LogP contribution in [0.4, 0.5) is 0 Å². The van der Waals surface area contributed by atoms with Gasteiger partial charge in [-0.25, -0.2) is 0 Å². The van der Waals surface area contributed by atoms with Gasteiger partial charge in [0.2, 0.25) is 5.91 Å². The van der Waals surface area contributed by atoms with Crippen LogP contribution in [0.2, 0.25) is 0 Å². The maximum atomic E-state index is 13.6. The van der Waals surface area contributed by atoms with E-state index in [1.54, 1.807) is 6.92 Å². The molecule has 0 unspecified atom stereocenters. The molecule has 2 aliphatic carbocycles. The Morgan fingerprint density at radius 3 is 2.32 bits per heavy atom. The van der Waals surface area contributed by atoms with Crippen molar-refractivity contribution in [3.63, 3.8) is 0 Å². The van der Waals surface area contributed by atoms with Crippen molar-refractivity contribution in [2.45, 2.75) is 110 Å². The van der Waals surface area contributed by atoms with Crippen LogP contribution in [-0.2, 0) is 9.59 Å². The van der Waals surface area contributed by atoms with Crippen LogP contribution in [0.3, 0.4) is 0 Å². The largest absolute Gasteiger partial charge is 0.496 e. The number of nitriles is 1. The van der Waals surface area contributed by atoms with Gasteiger partial charge < -0.3 is 25.2 Å². The normalized spacial score (nSPS) is 22.1. The van der Waals surface area contributed by atoms with Crippen LogP contribution in [0.1, 0.15) is 114 Å². The fourth-order valence-electron chi connectivity index (χ4n) is 5.66. The van der Waals surface area contributed by atoms with Crippen molar-refractivity contribution in [1.82, 2.24) is 10.6 Å². The summed E-state index contributed by atoms with van der Waals surface area (Å²) in [6, 6.07) is 4.79. The van der Waals surface area contributed by atoms with Gasteiger partial charge in [0.1, 0.15) is 17.6 Å². The van der Waals surface area contributed by atoms with Gasteiger partial charge in [0.15, 0.2) is 0 Å². The molecule has 1 aromatic carbocycles. The Morgan fingerprint density at radius 1 is 1.10 bits per heavy atom. The van der Waals surface area contributed by atoms with Crippen molar-refractivity contribution in [2.24, 2.45) is 16.7 Å². The van der Waals surface area contributed by atoms with Crippen molar-refractivity contribution in [2.75, 3.05) is 13.7 Å². The molecule has 0 saturated heterocycles. The summed E-state index contributed by atoms with van der Waals surface area (Å²) in [6.07, 6.45) is 7.90. The zero-order valence-electron chi connectivity index (χ0n) is 25.3. The quantitative estimate of drug-likeness (QED) is 0.265. The number of rotatable bonds is 14. The number of methoxy groups -OCH3 is 1. The SMILES string of the molecule is COc1cc(C#N)c(OC2CCC(C)(C(=O)O)CC2)cc1C(=O)N[C@H](CCCC(C)C)CC(=O)NCC1(C)CCC1. The third kappa shape index (κ3) is 8.85. The van der Waals surface area contributed by atoms with Gasteiger partial charge in [-0.3, -0.25) is 14.4 Å². The van der Waals surface area contributed by atoms with E-state index in [1.165, 1.54) is 25.7 Å². The van der Waals surface area contributed by atoms with Crippen molar-refractivity contribution in [3.05, 3.63) is 23.3 Å². The molecule has 0 aliphatic heterocycles. The van der Waals surface area contributed by atoms with Gasteiger partial charge >= 0.3 is 5.97 Å². The molecule has 2 saturated carbocycles. The highest BCUT2D eigenvalue weighted by Crippen LogP contribution is 2.40. The second kappa shape index (κ2) is 14.1. The lowest BCUT2D eigenvalue weighted by molar-refractivity contribution is -0.150. The smallest absolute Gasteiger partial charge is 0.309 e. The van der Waals surface area contributed by atoms with Crippen LogP contribution >= 0.6 is 0 Å². The molecular weight excluding hydrogens is 522 g/mol. The maximum absolute atomic E-state index is 13.6.